The van der Waals surface area contributed by atoms with Crippen LogP contribution in [-0.2, 0) is 0 Å². The standard InChI is InChI=1S/C15H11ClFNO4/c1-9(15(19)10-3-2-4-11(16)7-10)22-14-8-12(17)5-6-13(14)18(20)21/h2-9H,1H3. The zero-order chi connectivity index (χ0) is 16.3. The topological polar surface area (TPSA) is 69.4 Å². The van der Waals surface area contributed by atoms with E-state index in [2.05, 4.69) is 0 Å². The van der Waals surface area contributed by atoms with Crippen molar-refractivity contribution >= 4 is 23.1 Å². The molecule has 7 heteroatoms. The summed E-state index contributed by atoms with van der Waals surface area (Å²) >= 11 is 5.81. The van der Waals surface area contributed by atoms with Crippen LogP contribution in [0.15, 0.2) is 42.5 Å². The summed E-state index contributed by atoms with van der Waals surface area (Å²) in [4.78, 5) is 22.4. The molecule has 114 valence electrons. The minimum Gasteiger partial charge on any atom is -0.475 e. The van der Waals surface area contributed by atoms with Crippen molar-refractivity contribution in [3.05, 3.63) is 69.0 Å². The number of carbonyl (C=O) groups excluding carboxylic acids is 1. The lowest BCUT2D eigenvalue weighted by molar-refractivity contribution is -0.386. The SMILES string of the molecule is CC(Oc1cc(F)ccc1[N+](=O)[O-])C(=O)c1cccc(Cl)c1. The monoisotopic (exact) mass is 323 g/mol. The Morgan fingerprint density at radius 2 is 2.05 bits per heavy atom. The number of rotatable bonds is 5. The molecular formula is C15H11ClFNO4. The van der Waals surface area contributed by atoms with Crippen LogP contribution in [0.4, 0.5) is 10.1 Å². The predicted octanol–water partition coefficient (Wildman–Crippen LogP) is 4.04. The van der Waals surface area contributed by atoms with Gasteiger partial charge in [0.2, 0.25) is 11.5 Å². The maximum Gasteiger partial charge on any atom is 0.311 e. The molecular weight excluding hydrogens is 313 g/mol. The van der Waals surface area contributed by atoms with Gasteiger partial charge in [-0.1, -0.05) is 23.7 Å². The summed E-state index contributed by atoms with van der Waals surface area (Å²) in [6.07, 6.45) is -1.03. The second-order valence-corrected chi connectivity index (χ2v) is 4.94. The molecule has 2 rings (SSSR count). The molecule has 2 aromatic rings. The molecule has 0 saturated heterocycles. The van der Waals surface area contributed by atoms with Crippen molar-refractivity contribution in [1.29, 1.82) is 0 Å². The summed E-state index contributed by atoms with van der Waals surface area (Å²) in [5, 5.41) is 11.3. The first-order valence-electron chi connectivity index (χ1n) is 6.29. The van der Waals surface area contributed by atoms with E-state index >= 15 is 0 Å². The molecule has 0 spiro atoms. The zero-order valence-corrected chi connectivity index (χ0v) is 12.2. The van der Waals surface area contributed by atoms with Gasteiger partial charge in [0.05, 0.1) is 4.92 Å². The van der Waals surface area contributed by atoms with Crippen LogP contribution >= 0.6 is 11.6 Å². The number of nitro benzene ring substituents is 1. The van der Waals surface area contributed by atoms with E-state index in [1.807, 2.05) is 0 Å². The number of nitro groups is 1. The van der Waals surface area contributed by atoms with Crippen molar-refractivity contribution in [1.82, 2.24) is 0 Å². The van der Waals surface area contributed by atoms with Crippen molar-refractivity contribution in [3.63, 3.8) is 0 Å². The average molecular weight is 324 g/mol. The molecule has 0 aromatic heterocycles. The van der Waals surface area contributed by atoms with E-state index in [0.29, 0.717) is 10.6 Å². The normalized spacial score (nSPS) is 11.8. The summed E-state index contributed by atoms with van der Waals surface area (Å²) in [6.45, 7) is 1.43. The van der Waals surface area contributed by atoms with Crippen LogP contribution < -0.4 is 4.74 Å². The molecule has 0 N–H and O–H groups in total. The minimum atomic E-state index is -1.03. The predicted molar refractivity (Wildman–Crippen MR) is 78.9 cm³/mol. The molecule has 0 fully saturated rings. The Balaban J connectivity index is 2.25. The summed E-state index contributed by atoms with van der Waals surface area (Å²) in [5.41, 5.74) is -0.105. The number of nitrogens with zero attached hydrogens (tertiary/aromatic N) is 1. The molecule has 0 bridgehead atoms. The zero-order valence-electron chi connectivity index (χ0n) is 11.5. The maximum absolute atomic E-state index is 13.2. The molecule has 22 heavy (non-hydrogen) atoms. The van der Waals surface area contributed by atoms with Crippen molar-refractivity contribution in [2.75, 3.05) is 0 Å². The van der Waals surface area contributed by atoms with E-state index in [0.717, 1.165) is 18.2 Å². The number of halogens is 2. The quantitative estimate of drug-likeness (QED) is 0.473. The highest BCUT2D eigenvalue weighted by Gasteiger charge is 2.22. The van der Waals surface area contributed by atoms with Crippen molar-refractivity contribution in [3.8, 4) is 5.75 Å². The lowest BCUT2D eigenvalue weighted by Crippen LogP contribution is -2.24. The number of Topliss-reactive ketones (excluding diaryl/α,β-unsaturated/α-hetero) is 1. The van der Waals surface area contributed by atoms with E-state index in [1.165, 1.54) is 13.0 Å². The highest BCUT2D eigenvalue weighted by Crippen LogP contribution is 2.29. The van der Waals surface area contributed by atoms with E-state index in [1.54, 1.807) is 18.2 Å². The Bertz CT molecular complexity index is 735. The van der Waals surface area contributed by atoms with E-state index in [4.69, 9.17) is 16.3 Å². The highest BCUT2D eigenvalue weighted by atomic mass is 35.5. The lowest BCUT2D eigenvalue weighted by Gasteiger charge is -2.14. The molecule has 0 saturated carbocycles. The fourth-order valence-electron chi connectivity index (χ4n) is 1.85. The lowest BCUT2D eigenvalue weighted by atomic mass is 10.1. The molecule has 0 amide bonds. The van der Waals surface area contributed by atoms with Crippen LogP contribution in [0, 0.1) is 15.9 Å². The molecule has 1 unspecified atom stereocenters. The molecule has 0 radical (unpaired) electrons. The Morgan fingerprint density at radius 1 is 1.32 bits per heavy atom. The van der Waals surface area contributed by atoms with Gasteiger partial charge < -0.3 is 4.74 Å². The third kappa shape index (κ3) is 3.59. The van der Waals surface area contributed by atoms with Gasteiger partial charge in [0.1, 0.15) is 5.82 Å². The van der Waals surface area contributed by atoms with Gasteiger partial charge >= 0.3 is 5.69 Å². The largest absolute Gasteiger partial charge is 0.475 e. The molecule has 0 heterocycles. The highest BCUT2D eigenvalue weighted by molar-refractivity contribution is 6.31. The van der Waals surface area contributed by atoms with E-state index < -0.39 is 28.3 Å². The Morgan fingerprint density at radius 3 is 2.68 bits per heavy atom. The number of carbonyl (C=O) groups is 1. The number of ether oxygens (including phenoxy) is 1. The fourth-order valence-corrected chi connectivity index (χ4v) is 2.04. The van der Waals surface area contributed by atoms with Crippen LogP contribution in [0.5, 0.6) is 5.75 Å². The smallest absolute Gasteiger partial charge is 0.311 e. The van der Waals surface area contributed by atoms with Crippen LogP contribution in [0.2, 0.25) is 5.02 Å². The summed E-state index contributed by atoms with van der Waals surface area (Å²) in [5.74, 6) is -1.41. The molecule has 0 aliphatic heterocycles. The van der Waals surface area contributed by atoms with Gasteiger partial charge in [-0.3, -0.25) is 14.9 Å². The Labute approximate surface area is 130 Å². The van der Waals surface area contributed by atoms with Gasteiger partial charge in [-0.25, -0.2) is 4.39 Å². The van der Waals surface area contributed by atoms with E-state index in [-0.39, 0.29) is 5.75 Å². The van der Waals surface area contributed by atoms with Gasteiger partial charge in [0.15, 0.2) is 6.10 Å². The number of hydrogen-bond donors (Lipinski definition) is 0. The van der Waals surface area contributed by atoms with Gasteiger partial charge in [0.25, 0.3) is 0 Å². The number of hydrogen-bond acceptors (Lipinski definition) is 4. The number of benzene rings is 2. The van der Waals surface area contributed by atoms with Crippen LogP contribution in [-0.4, -0.2) is 16.8 Å². The molecule has 0 aliphatic carbocycles. The summed E-state index contributed by atoms with van der Waals surface area (Å²) < 4.78 is 18.5. The third-order valence-corrected chi connectivity index (χ3v) is 3.14. The van der Waals surface area contributed by atoms with Crippen molar-refractivity contribution in [2.24, 2.45) is 0 Å². The molecule has 0 aliphatic rings. The second kappa shape index (κ2) is 6.53. The van der Waals surface area contributed by atoms with Crippen LogP contribution in [0.25, 0.3) is 0 Å². The van der Waals surface area contributed by atoms with E-state index in [9.17, 15) is 19.3 Å². The third-order valence-electron chi connectivity index (χ3n) is 2.90. The van der Waals surface area contributed by atoms with Crippen LogP contribution in [0.1, 0.15) is 17.3 Å². The summed E-state index contributed by atoms with van der Waals surface area (Å²) in [7, 11) is 0. The average Bonchev–Trinajstić information content (AvgIpc) is 2.46. The molecule has 5 nitrogen and oxygen atoms in total. The van der Waals surface area contributed by atoms with Gasteiger partial charge in [0, 0.05) is 22.7 Å². The van der Waals surface area contributed by atoms with Crippen molar-refractivity contribution in [2.45, 2.75) is 13.0 Å². The minimum absolute atomic E-state index is 0.298. The first-order chi connectivity index (χ1) is 10.4. The first-order valence-corrected chi connectivity index (χ1v) is 6.66. The van der Waals surface area contributed by atoms with Crippen LogP contribution in [0.3, 0.4) is 0 Å². The van der Waals surface area contributed by atoms with Gasteiger partial charge in [-0.2, -0.15) is 0 Å². The van der Waals surface area contributed by atoms with Gasteiger partial charge in [-0.15, -0.1) is 0 Å². The maximum atomic E-state index is 13.2. The second-order valence-electron chi connectivity index (χ2n) is 4.50. The van der Waals surface area contributed by atoms with Crippen molar-refractivity contribution < 1.29 is 18.8 Å². The number of ketones is 1. The Kier molecular flexibility index (Phi) is 4.72. The summed E-state index contributed by atoms with van der Waals surface area (Å²) in [6, 6.07) is 9.04. The molecule has 1 atom stereocenters. The van der Waals surface area contributed by atoms with Gasteiger partial charge in [-0.05, 0) is 25.1 Å². The fraction of sp³-hybridized carbons (Fsp3) is 0.133. The molecule has 2 aromatic carbocycles. The Hall–Kier alpha value is -2.47. The first kappa shape index (κ1) is 15.9.